The molecule has 0 aliphatic carbocycles. The van der Waals surface area contributed by atoms with E-state index in [9.17, 15) is 0 Å². The smallest absolute Gasteiger partial charge is 0.0931 e. The molecule has 0 saturated carbocycles. The van der Waals surface area contributed by atoms with E-state index in [0.717, 1.165) is 26.2 Å². The molecule has 16 heavy (non-hydrogen) atoms. The Balaban J connectivity index is 1.81. The first kappa shape index (κ1) is 12.0. The maximum atomic E-state index is 5.38. The van der Waals surface area contributed by atoms with Crippen LogP contribution in [-0.2, 0) is 17.7 Å². The van der Waals surface area contributed by atoms with E-state index in [2.05, 4.69) is 24.1 Å². The highest BCUT2D eigenvalue weighted by Crippen LogP contribution is 2.21. The predicted octanol–water partition coefficient (Wildman–Crippen LogP) is 2.22. The molecule has 1 aliphatic rings. The number of hydrogen-bond acceptors (Lipinski definition) is 4. The minimum Gasteiger partial charge on any atom is -0.381 e. The molecule has 1 fully saturated rings. The van der Waals surface area contributed by atoms with Crippen molar-refractivity contribution in [1.29, 1.82) is 0 Å². The van der Waals surface area contributed by atoms with Crippen molar-refractivity contribution in [1.82, 2.24) is 10.3 Å². The molecule has 90 valence electrons. The first-order chi connectivity index (χ1) is 7.74. The van der Waals surface area contributed by atoms with Crippen LogP contribution in [0.25, 0.3) is 0 Å². The Kier molecular flexibility index (Phi) is 4.32. The number of thiazole rings is 1. The van der Waals surface area contributed by atoms with Gasteiger partial charge in [0.25, 0.3) is 0 Å². The molecule has 1 saturated heterocycles. The lowest BCUT2D eigenvalue weighted by molar-refractivity contribution is 0.186. The quantitative estimate of drug-likeness (QED) is 0.857. The summed E-state index contributed by atoms with van der Waals surface area (Å²) in [6, 6.07) is 0.536. The van der Waals surface area contributed by atoms with Gasteiger partial charge in [-0.15, -0.1) is 11.3 Å². The molecule has 1 aromatic heterocycles. The average molecular weight is 240 g/mol. The van der Waals surface area contributed by atoms with Gasteiger partial charge in [0, 0.05) is 43.3 Å². The summed E-state index contributed by atoms with van der Waals surface area (Å²) < 4.78 is 5.38. The zero-order valence-electron chi connectivity index (χ0n) is 10.0. The van der Waals surface area contributed by atoms with Gasteiger partial charge >= 0.3 is 0 Å². The molecule has 1 N–H and O–H groups in total. The minimum absolute atomic E-state index is 0.536. The molecule has 4 heteroatoms. The van der Waals surface area contributed by atoms with Crippen LogP contribution in [0.4, 0.5) is 0 Å². The van der Waals surface area contributed by atoms with E-state index in [1.54, 1.807) is 0 Å². The lowest BCUT2D eigenvalue weighted by Crippen LogP contribution is -2.21. The summed E-state index contributed by atoms with van der Waals surface area (Å²) in [6.07, 6.45) is 4.29. The van der Waals surface area contributed by atoms with E-state index in [1.165, 1.54) is 16.3 Å². The van der Waals surface area contributed by atoms with Crippen molar-refractivity contribution < 1.29 is 4.74 Å². The van der Waals surface area contributed by atoms with E-state index in [0.29, 0.717) is 12.0 Å². The molecule has 2 rings (SSSR count). The largest absolute Gasteiger partial charge is 0.381 e. The Labute approximate surface area is 101 Å². The van der Waals surface area contributed by atoms with Crippen molar-refractivity contribution in [3.63, 3.8) is 0 Å². The Morgan fingerprint density at radius 2 is 2.50 bits per heavy atom. The second-order valence-corrected chi connectivity index (χ2v) is 5.89. The number of ether oxygens (including phenoxy) is 1. The fourth-order valence-electron chi connectivity index (χ4n) is 1.82. The van der Waals surface area contributed by atoms with Gasteiger partial charge in [-0.2, -0.15) is 0 Å². The van der Waals surface area contributed by atoms with Crippen LogP contribution in [0.2, 0.25) is 0 Å². The molecule has 0 aromatic carbocycles. The molecule has 3 nitrogen and oxygen atoms in total. The van der Waals surface area contributed by atoms with Crippen LogP contribution in [0.15, 0.2) is 6.20 Å². The third-order valence-corrected chi connectivity index (χ3v) is 3.79. The van der Waals surface area contributed by atoms with Gasteiger partial charge in [-0.1, -0.05) is 13.8 Å². The maximum Gasteiger partial charge on any atom is 0.0931 e. The first-order valence-electron chi connectivity index (χ1n) is 5.98. The predicted molar refractivity (Wildman–Crippen MR) is 66.7 cm³/mol. The van der Waals surface area contributed by atoms with Crippen molar-refractivity contribution in [3.05, 3.63) is 16.1 Å². The standard InChI is InChI=1S/C12H20N2OS/c1-9(2)13-6-11-7-14-12(16-11)5-10-3-4-15-8-10/h7,9-10,13H,3-6,8H2,1-2H3. The van der Waals surface area contributed by atoms with E-state index >= 15 is 0 Å². The van der Waals surface area contributed by atoms with Crippen LogP contribution < -0.4 is 5.32 Å². The lowest BCUT2D eigenvalue weighted by atomic mass is 10.1. The number of rotatable bonds is 5. The van der Waals surface area contributed by atoms with Gasteiger partial charge in [-0.05, 0) is 12.3 Å². The van der Waals surface area contributed by atoms with Crippen LogP contribution in [0, 0.1) is 5.92 Å². The zero-order valence-corrected chi connectivity index (χ0v) is 10.8. The number of nitrogens with one attached hydrogen (secondary N) is 1. The summed E-state index contributed by atoms with van der Waals surface area (Å²) in [5, 5.41) is 4.67. The summed E-state index contributed by atoms with van der Waals surface area (Å²) in [5.74, 6) is 0.692. The second-order valence-electron chi connectivity index (χ2n) is 4.69. The van der Waals surface area contributed by atoms with Crippen molar-refractivity contribution in [3.8, 4) is 0 Å². The van der Waals surface area contributed by atoms with Crippen molar-refractivity contribution in [2.45, 2.75) is 39.3 Å². The summed E-state index contributed by atoms with van der Waals surface area (Å²) in [6.45, 7) is 7.11. The third kappa shape index (κ3) is 3.54. The third-order valence-electron chi connectivity index (χ3n) is 2.77. The summed E-state index contributed by atoms with van der Waals surface area (Å²) in [4.78, 5) is 5.82. The normalized spacial score (nSPS) is 20.8. The minimum atomic E-state index is 0.536. The molecular weight excluding hydrogens is 220 g/mol. The van der Waals surface area contributed by atoms with Gasteiger partial charge in [-0.3, -0.25) is 0 Å². The fourth-order valence-corrected chi connectivity index (χ4v) is 2.81. The molecule has 1 aliphatic heterocycles. The molecule has 0 spiro atoms. The van der Waals surface area contributed by atoms with Crippen molar-refractivity contribution in [2.24, 2.45) is 5.92 Å². The van der Waals surface area contributed by atoms with Crippen LogP contribution in [-0.4, -0.2) is 24.2 Å². The maximum absolute atomic E-state index is 5.38. The highest BCUT2D eigenvalue weighted by Gasteiger charge is 2.17. The monoisotopic (exact) mass is 240 g/mol. The molecule has 1 unspecified atom stereocenters. The van der Waals surface area contributed by atoms with E-state index in [4.69, 9.17) is 4.74 Å². The van der Waals surface area contributed by atoms with Gasteiger partial charge < -0.3 is 10.1 Å². The van der Waals surface area contributed by atoms with E-state index in [-0.39, 0.29) is 0 Å². The molecule has 1 aromatic rings. The van der Waals surface area contributed by atoms with Crippen LogP contribution >= 0.6 is 11.3 Å². The number of aromatic nitrogens is 1. The Bertz CT molecular complexity index is 319. The van der Waals surface area contributed by atoms with Crippen molar-refractivity contribution in [2.75, 3.05) is 13.2 Å². The first-order valence-corrected chi connectivity index (χ1v) is 6.80. The Hall–Kier alpha value is -0.450. The van der Waals surface area contributed by atoms with Crippen LogP contribution in [0.1, 0.15) is 30.2 Å². The summed E-state index contributed by atoms with van der Waals surface area (Å²) in [7, 11) is 0. The highest BCUT2D eigenvalue weighted by molar-refractivity contribution is 7.11. The lowest BCUT2D eigenvalue weighted by Gasteiger charge is -2.05. The Morgan fingerprint density at radius 1 is 1.62 bits per heavy atom. The van der Waals surface area contributed by atoms with E-state index < -0.39 is 0 Å². The van der Waals surface area contributed by atoms with Gasteiger partial charge in [0.15, 0.2) is 0 Å². The number of hydrogen-bond donors (Lipinski definition) is 1. The van der Waals surface area contributed by atoms with Gasteiger partial charge in [-0.25, -0.2) is 4.98 Å². The summed E-state index contributed by atoms with van der Waals surface area (Å²) >= 11 is 1.83. The second kappa shape index (κ2) is 5.75. The molecule has 1 atom stereocenters. The van der Waals surface area contributed by atoms with Gasteiger partial charge in [0.2, 0.25) is 0 Å². The van der Waals surface area contributed by atoms with Gasteiger partial charge in [0.1, 0.15) is 0 Å². The molecule has 0 amide bonds. The topological polar surface area (TPSA) is 34.2 Å². The van der Waals surface area contributed by atoms with Crippen LogP contribution in [0.5, 0.6) is 0 Å². The molecule has 2 heterocycles. The molecular formula is C12H20N2OS. The highest BCUT2D eigenvalue weighted by atomic mass is 32.1. The van der Waals surface area contributed by atoms with E-state index in [1.807, 2.05) is 17.5 Å². The van der Waals surface area contributed by atoms with Crippen LogP contribution in [0.3, 0.4) is 0 Å². The fraction of sp³-hybridized carbons (Fsp3) is 0.750. The Morgan fingerprint density at radius 3 is 3.19 bits per heavy atom. The van der Waals surface area contributed by atoms with Crippen molar-refractivity contribution >= 4 is 11.3 Å². The molecule has 0 radical (unpaired) electrons. The number of nitrogens with zero attached hydrogens (tertiary/aromatic N) is 1. The molecule has 0 bridgehead atoms. The SMILES string of the molecule is CC(C)NCc1cnc(CC2CCOC2)s1. The van der Waals surface area contributed by atoms with Gasteiger partial charge in [0.05, 0.1) is 5.01 Å². The average Bonchev–Trinajstić information content (AvgIpc) is 2.87. The summed E-state index contributed by atoms with van der Waals surface area (Å²) in [5.41, 5.74) is 0. The zero-order chi connectivity index (χ0) is 11.4.